The molecule has 0 aromatic heterocycles. The van der Waals surface area contributed by atoms with Gasteiger partial charge in [-0.1, -0.05) is 24.6 Å². The molecule has 6 heteroatoms. The Morgan fingerprint density at radius 3 is 2.67 bits per heavy atom. The van der Waals surface area contributed by atoms with Gasteiger partial charge in [0.05, 0.1) is 5.75 Å². The molecule has 1 saturated heterocycles. The summed E-state index contributed by atoms with van der Waals surface area (Å²) in [5.74, 6) is -0.0501. The maximum atomic E-state index is 12.1. The zero-order valence-corrected chi connectivity index (χ0v) is 13.1. The van der Waals surface area contributed by atoms with Crippen LogP contribution in [0.3, 0.4) is 0 Å². The topological polar surface area (TPSA) is 66.5 Å². The standard InChI is InChI=1S/C15H22N2O3S/c1-2-21(19,20)17-11-7-6-10-14(17)12-16-15(18)13-8-4-3-5-9-13/h3-5,8-9,14H,2,6-7,10-12H2,1H3,(H,16,18)/t14-/m1/s1. The molecule has 116 valence electrons. The predicted octanol–water partition coefficient (Wildman–Crippen LogP) is 1.62. The van der Waals surface area contributed by atoms with Crippen LogP contribution in [0.5, 0.6) is 0 Å². The second-order valence-corrected chi connectivity index (χ2v) is 7.45. The number of carbonyl (C=O) groups is 1. The third-order valence-corrected chi connectivity index (χ3v) is 5.75. The zero-order chi connectivity index (χ0) is 15.3. The van der Waals surface area contributed by atoms with Crippen LogP contribution < -0.4 is 5.32 Å². The lowest BCUT2D eigenvalue weighted by molar-refractivity contribution is 0.0939. The summed E-state index contributed by atoms with van der Waals surface area (Å²) in [6.45, 7) is 2.58. The molecule has 1 fully saturated rings. The van der Waals surface area contributed by atoms with E-state index in [1.165, 1.54) is 0 Å². The van der Waals surface area contributed by atoms with Gasteiger partial charge in [-0.3, -0.25) is 4.79 Å². The Balaban J connectivity index is 1.99. The van der Waals surface area contributed by atoms with E-state index < -0.39 is 10.0 Å². The summed E-state index contributed by atoms with van der Waals surface area (Å²) < 4.78 is 25.7. The summed E-state index contributed by atoms with van der Waals surface area (Å²) >= 11 is 0. The zero-order valence-electron chi connectivity index (χ0n) is 12.3. The first-order valence-electron chi connectivity index (χ1n) is 7.37. The summed E-state index contributed by atoms with van der Waals surface area (Å²) in [7, 11) is -3.20. The molecule has 0 aliphatic carbocycles. The van der Waals surface area contributed by atoms with E-state index in [9.17, 15) is 13.2 Å². The molecular formula is C15H22N2O3S. The van der Waals surface area contributed by atoms with Gasteiger partial charge in [0.25, 0.3) is 5.91 Å². The van der Waals surface area contributed by atoms with Crippen LogP contribution in [0.1, 0.15) is 36.5 Å². The van der Waals surface area contributed by atoms with Crippen molar-refractivity contribution in [1.82, 2.24) is 9.62 Å². The van der Waals surface area contributed by atoms with Gasteiger partial charge in [-0.15, -0.1) is 0 Å². The van der Waals surface area contributed by atoms with E-state index in [4.69, 9.17) is 0 Å². The van der Waals surface area contributed by atoms with Crippen molar-refractivity contribution in [2.24, 2.45) is 0 Å². The molecule has 5 nitrogen and oxygen atoms in total. The van der Waals surface area contributed by atoms with E-state index in [0.29, 0.717) is 18.7 Å². The van der Waals surface area contributed by atoms with Crippen LogP contribution in [-0.2, 0) is 10.0 Å². The number of benzene rings is 1. The SMILES string of the molecule is CCS(=O)(=O)N1CCCC[C@@H]1CNC(=O)c1ccccc1. The molecule has 0 radical (unpaired) electrons. The van der Waals surface area contributed by atoms with Crippen LogP contribution in [0.15, 0.2) is 30.3 Å². The van der Waals surface area contributed by atoms with Gasteiger partial charge < -0.3 is 5.32 Å². The van der Waals surface area contributed by atoms with Crippen LogP contribution >= 0.6 is 0 Å². The first kappa shape index (κ1) is 16.0. The average molecular weight is 310 g/mol. The molecule has 1 amide bonds. The molecule has 21 heavy (non-hydrogen) atoms. The van der Waals surface area contributed by atoms with Crippen LogP contribution in [-0.4, -0.2) is 43.5 Å². The van der Waals surface area contributed by atoms with Crippen LogP contribution in [0.25, 0.3) is 0 Å². The van der Waals surface area contributed by atoms with Gasteiger partial charge in [0.1, 0.15) is 0 Å². The maximum Gasteiger partial charge on any atom is 0.251 e. The fourth-order valence-electron chi connectivity index (χ4n) is 2.61. The van der Waals surface area contributed by atoms with E-state index in [1.807, 2.05) is 18.2 Å². The number of hydrogen-bond acceptors (Lipinski definition) is 3. The highest BCUT2D eigenvalue weighted by molar-refractivity contribution is 7.89. The second-order valence-electron chi connectivity index (χ2n) is 5.24. The number of amides is 1. The summed E-state index contributed by atoms with van der Waals surface area (Å²) in [6.07, 6.45) is 2.69. The predicted molar refractivity (Wildman–Crippen MR) is 82.6 cm³/mol. The summed E-state index contributed by atoms with van der Waals surface area (Å²) in [6, 6.07) is 8.84. The van der Waals surface area contributed by atoms with E-state index in [0.717, 1.165) is 19.3 Å². The smallest absolute Gasteiger partial charge is 0.251 e. The molecule has 1 aromatic rings. The number of nitrogens with one attached hydrogen (secondary N) is 1. The van der Waals surface area contributed by atoms with Crippen LogP contribution in [0.4, 0.5) is 0 Å². The van der Waals surface area contributed by atoms with Gasteiger partial charge in [0, 0.05) is 24.7 Å². The number of nitrogens with zero attached hydrogens (tertiary/aromatic N) is 1. The van der Waals surface area contributed by atoms with E-state index in [1.54, 1.807) is 23.4 Å². The highest BCUT2D eigenvalue weighted by atomic mass is 32.2. The van der Waals surface area contributed by atoms with Gasteiger partial charge in [-0.25, -0.2) is 8.42 Å². The van der Waals surface area contributed by atoms with Crippen molar-refractivity contribution < 1.29 is 13.2 Å². The van der Waals surface area contributed by atoms with Crippen LogP contribution in [0.2, 0.25) is 0 Å². The summed E-state index contributed by atoms with van der Waals surface area (Å²) in [5.41, 5.74) is 0.596. The molecule has 0 spiro atoms. The Labute approximate surface area is 126 Å². The Hall–Kier alpha value is -1.40. The maximum absolute atomic E-state index is 12.1. The minimum atomic E-state index is -3.20. The molecule has 1 atom stereocenters. The number of carbonyl (C=O) groups excluding carboxylic acids is 1. The molecule has 0 bridgehead atoms. The van der Waals surface area contributed by atoms with Gasteiger partial charge in [-0.05, 0) is 31.9 Å². The monoisotopic (exact) mass is 310 g/mol. The van der Waals surface area contributed by atoms with Crippen LogP contribution in [0, 0.1) is 0 Å². The minimum absolute atomic E-state index is 0.107. The van der Waals surface area contributed by atoms with Crippen molar-refractivity contribution in [3.05, 3.63) is 35.9 Å². The second kappa shape index (κ2) is 7.04. The summed E-state index contributed by atoms with van der Waals surface area (Å²) in [4.78, 5) is 12.0. The third kappa shape index (κ3) is 4.04. The van der Waals surface area contributed by atoms with Crippen molar-refractivity contribution in [3.8, 4) is 0 Å². The Morgan fingerprint density at radius 2 is 2.00 bits per heavy atom. The van der Waals surface area contributed by atoms with Gasteiger partial charge >= 0.3 is 0 Å². The lowest BCUT2D eigenvalue weighted by Crippen LogP contribution is -2.49. The van der Waals surface area contributed by atoms with Gasteiger partial charge in [0.15, 0.2) is 0 Å². The molecule has 1 aliphatic heterocycles. The highest BCUT2D eigenvalue weighted by Gasteiger charge is 2.31. The molecule has 2 rings (SSSR count). The van der Waals surface area contributed by atoms with Crippen molar-refractivity contribution >= 4 is 15.9 Å². The Bertz CT molecular complexity index is 572. The molecule has 1 heterocycles. The third-order valence-electron chi connectivity index (χ3n) is 3.83. The molecule has 1 aliphatic rings. The van der Waals surface area contributed by atoms with E-state index in [-0.39, 0.29) is 17.7 Å². The molecule has 0 unspecified atom stereocenters. The highest BCUT2D eigenvalue weighted by Crippen LogP contribution is 2.20. The van der Waals surface area contributed by atoms with Crippen molar-refractivity contribution in [3.63, 3.8) is 0 Å². The Morgan fingerprint density at radius 1 is 1.29 bits per heavy atom. The number of hydrogen-bond donors (Lipinski definition) is 1. The summed E-state index contributed by atoms with van der Waals surface area (Å²) in [5, 5.41) is 2.85. The van der Waals surface area contributed by atoms with Gasteiger partial charge in [0.2, 0.25) is 10.0 Å². The average Bonchev–Trinajstić information content (AvgIpc) is 2.53. The largest absolute Gasteiger partial charge is 0.350 e. The van der Waals surface area contributed by atoms with E-state index in [2.05, 4.69) is 5.32 Å². The number of piperidine rings is 1. The Kier molecular flexibility index (Phi) is 5.36. The number of rotatable bonds is 5. The molecular weight excluding hydrogens is 288 g/mol. The first-order valence-corrected chi connectivity index (χ1v) is 8.98. The fraction of sp³-hybridized carbons (Fsp3) is 0.533. The van der Waals surface area contributed by atoms with Crippen molar-refractivity contribution in [2.45, 2.75) is 32.2 Å². The van der Waals surface area contributed by atoms with Crippen molar-refractivity contribution in [2.75, 3.05) is 18.8 Å². The minimum Gasteiger partial charge on any atom is -0.350 e. The molecule has 0 saturated carbocycles. The fourth-order valence-corrected chi connectivity index (χ4v) is 3.99. The molecule has 1 N–H and O–H groups in total. The molecule has 1 aromatic carbocycles. The van der Waals surface area contributed by atoms with Gasteiger partial charge in [-0.2, -0.15) is 4.31 Å². The van der Waals surface area contributed by atoms with Crippen molar-refractivity contribution in [1.29, 1.82) is 0 Å². The first-order chi connectivity index (χ1) is 10.0. The lowest BCUT2D eigenvalue weighted by Gasteiger charge is -2.34. The number of sulfonamides is 1. The lowest BCUT2D eigenvalue weighted by atomic mass is 10.0. The normalized spacial score (nSPS) is 20.1. The van der Waals surface area contributed by atoms with E-state index >= 15 is 0 Å². The quantitative estimate of drug-likeness (QED) is 0.898.